The standard InChI is InChI=1S/C13H24O4S/c1-10(17-13(15)6-7-18)16-9-12-4-2-11(8-14)3-5-12/h10-12,14,18H,2-9H2,1H3. The average molecular weight is 276 g/mol. The minimum Gasteiger partial charge on any atom is -0.436 e. The number of carbonyl (C=O) groups is 1. The van der Waals surface area contributed by atoms with E-state index in [-0.39, 0.29) is 5.97 Å². The van der Waals surface area contributed by atoms with Gasteiger partial charge in [-0.1, -0.05) is 0 Å². The summed E-state index contributed by atoms with van der Waals surface area (Å²) in [5.74, 6) is 1.23. The van der Waals surface area contributed by atoms with Gasteiger partial charge in [-0.2, -0.15) is 12.6 Å². The van der Waals surface area contributed by atoms with Gasteiger partial charge in [0, 0.05) is 12.4 Å². The topological polar surface area (TPSA) is 55.8 Å². The van der Waals surface area contributed by atoms with Crippen molar-refractivity contribution in [3.8, 4) is 0 Å². The van der Waals surface area contributed by atoms with Crippen LogP contribution in [0.4, 0.5) is 0 Å². The first-order valence-electron chi connectivity index (χ1n) is 6.68. The summed E-state index contributed by atoms with van der Waals surface area (Å²) in [4.78, 5) is 11.2. The minimum absolute atomic E-state index is 0.263. The van der Waals surface area contributed by atoms with Crippen molar-refractivity contribution in [2.75, 3.05) is 19.0 Å². The molecule has 1 saturated carbocycles. The molecule has 1 aliphatic carbocycles. The maximum atomic E-state index is 11.2. The summed E-state index contributed by atoms with van der Waals surface area (Å²) < 4.78 is 10.6. The van der Waals surface area contributed by atoms with Crippen LogP contribution in [0.15, 0.2) is 0 Å². The van der Waals surface area contributed by atoms with Crippen LogP contribution in [0.3, 0.4) is 0 Å². The molecule has 0 amide bonds. The SMILES string of the molecule is CC(OCC1CCC(CO)CC1)OC(=O)CCS. The lowest BCUT2D eigenvalue weighted by atomic mass is 9.83. The van der Waals surface area contributed by atoms with Gasteiger partial charge in [-0.05, 0) is 44.4 Å². The highest BCUT2D eigenvalue weighted by Crippen LogP contribution is 2.28. The Morgan fingerprint density at radius 3 is 2.50 bits per heavy atom. The van der Waals surface area contributed by atoms with Gasteiger partial charge in [0.05, 0.1) is 13.0 Å². The summed E-state index contributed by atoms with van der Waals surface area (Å²) in [6.45, 7) is 2.68. The van der Waals surface area contributed by atoms with E-state index in [1.165, 1.54) is 0 Å². The van der Waals surface area contributed by atoms with Gasteiger partial charge in [0.15, 0.2) is 6.29 Å². The maximum absolute atomic E-state index is 11.2. The molecule has 5 heteroatoms. The van der Waals surface area contributed by atoms with Crippen molar-refractivity contribution in [1.82, 2.24) is 0 Å². The van der Waals surface area contributed by atoms with Gasteiger partial charge in [0.25, 0.3) is 0 Å². The molecule has 0 heterocycles. The number of esters is 1. The van der Waals surface area contributed by atoms with Crippen LogP contribution < -0.4 is 0 Å². The Bertz CT molecular complexity index is 239. The number of carbonyl (C=O) groups excluding carboxylic acids is 1. The largest absolute Gasteiger partial charge is 0.436 e. The molecule has 1 N–H and O–H groups in total. The van der Waals surface area contributed by atoms with Crippen molar-refractivity contribution in [2.24, 2.45) is 11.8 Å². The molecule has 0 saturated heterocycles. The van der Waals surface area contributed by atoms with Crippen LogP contribution in [0, 0.1) is 11.8 Å². The van der Waals surface area contributed by atoms with Crippen molar-refractivity contribution in [3.63, 3.8) is 0 Å². The van der Waals surface area contributed by atoms with E-state index in [4.69, 9.17) is 14.6 Å². The van der Waals surface area contributed by atoms with E-state index in [0.717, 1.165) is 25.7 Å². The first-order chi connectivity index (χ1) is 8.65. The second-order valence-electron chi connectivity index (χ2n) is 4.93. The molecule has 106 valence electrons. The normalized spacial score (nSPS) is 25.7. The molecule has 18 heavy (non-hydrogen) atoms. The fourth-order valence-corrected chi connectivity index (χ4v) is 2.40. The monoisotopic (exact) mass is 276 g/mol. The zero-order valence-electron chi connectivity index (χ0n) is 11.0. The first kappa shape index (κ1) is 15.8. The first-order valence-corrected chi connectivity index (χ1v) is 7.31. The summed E-state index contributed by atoms with van der Waals surface area (Å²) in [5, 5.41) is 9.05. The molecule has 0 aromatic rings. The van der Waals surface area contributed by atoms with Gasteiger partial charge >= 0.3 is 5.97 Å². The minimum atomic E-state index is -0.479. The summed E-state index contributed by atoms with van der Waals surface area (Å²) in [7, 11) is 0. The molecule has 4 nitrogen and oxygen atoms in total. The third kappa shape index (κ3) is 6.07. The van der Waals surface area contributed by atoms with E-state index >= 15 is 0 Å². The highest BCUT2D eigenvalue weighted by atomic mass is 32.1. The molecule has 1 atom stereocenters. The second-order valence-corrected chi connectivity index (χ2v) is 5.38. The van der Waals surface area contributed by atoms with Gasteiger partial charge in [-0.3, -0.25) is 4.79 Å². The molecular formula is C13H24O4S. The van der Waals surface area contributed by atoms with Crippen molar-refractivity contribution < 1.29 is 19.4 Å². The number of hydrogen-bond acceptors (Lipinski definition) is 5. The zero-order chi connectivity index (χ0) is 13.4. The predicted molar refractivity (Wildman–Crippen MR) is 72.5 cm³/mol. The van der Waals surface area contributed by atoms with Crippen molar-refractivity contribution in [3.05, 3.63) is 0 Å². The second kappa shape index (κ2) is 8.77. The Balaban J connectivity index is 2.11. The molecule has 0 radical (unpaired) electrons. The average Bonchev–Trinajstić information content (AvgIpc) is 2.37. The lowest BCUT2D eigenvalue weighted by Crippen LogP contribution is -2.25. The Kier molecular flexibility index (Phi) is 7.70. The van der Waals surface area contributed by atoms with E-state index in [0.29, 0.717) is 37.2 Å². The van der Waals surface area contributed by atoms with Gasteiger partial charge in [-0.25, -0.2) is 0 Å². The maximum Gasteiger partial charge on any atom is 0.308 e. The summed E-state index contributed by atoms with van der Waals surface area (Å²) in [6, 6.07) is 0. The number of ether oxygens (including phenoxy) is 2. The van der Waals surface area contributed by atoms with Crippen molar-refractivity contribution in [2.45, 2.75) is 45.3 Å². The number of aliphatic hydroxyl groups excluding tert-OH is 1. The zero-order valence-corrected chi connectivity index (χ0v) is 11.9. The molecule has 1 fully saturated rings. The lowest BCUT2D eigenvalue weighted by molar-refractivity contribution is -0.177. The molecule has 1 rings (SSSR count). The van der Waals surface area contributed by atoms with Gasteiger partial charge in [-0.15, -0.1) is 0 Å². The van der Waals surface area contributed by atoms with E-state index in [1.54, 1.807) is 6.92 Å². The fourth-order valence-electron chi connectivity index (χ4n) is 2.22. The molecule has 0 aromatic carbocycles. The highest BCUT2D eigenvalue weighted by Gasteiger charge is 2.21. The summed E-state index contributed by atoms with van der Waals surface area (Å²) in [6.07, 6.45) is 4.15. The smallest absolute Gasteiger partial charge is 0.308 e. The van der Waals surface area contributed by atoms with E-state index in [1.807, 2.05) is 0 Å². The van der Waals surface area contributed by atoms with Crippen LogP contribution >= 0.6 is 12.6 Å². The van der Waals surface area contributed by atoms with Crippen LogP contribution in [0.2, 0.25) is 0 Å². The number of thiol groups is 1. The fraction of sp³-hybridized carbons (Fsp3) is 0.923. The number of aliphatic hydroxyl groups is 1. The third-order valence-corrected chi connectivity index (χ3v) is 3.63. The summed E-state index contributed by atoms with van der Waals surface area (Å²) >= 11 is 3.97. The van der Waals surface area contributed by atoms with Crippen LogP contribution in [-0.2, 0) is 14.3 Å². The highest BCUT2D eigenvalue weighted by molar-refractivity contribution is 7.80. The number of hydrogen-bond donors (Lipinski definition) is 2. The van der Waals surface area contributed by atoms with Crippen LogP contribution in [0.25, 0.3) is 0 Å². The lowest BCUT2D eigenvalue weighted by Gasteiger charge is -2.27. The molecule has 0 spiro atoms. The Hall–Kier alpha value is -0.260. The third-order valence-electron chi connectivity index (χ3n) is 3.40. The Morgan fingerprint density at radius 1 is 1.33 bits per heavy atom. The van der Waals surface area contributed by atoms with Crippen molar-refractivity contribution in [1.29, 1.82) is 0 Å². The number of rotatable bonds is 7. The van der Waals surface area contributed by atoms with E-state index < -0.39 is 6.29 Å². The predicted octanol–water partition coefficient (Wildman–Crippen LogP) is 2.01. The van der Waals surface area contributed by atoms with Crippen LogP contribution in [0.1, 0.15) is 39.0 Å². The molecular weight excluding hydrogens is 252 g/mol. The molecule has 1 unspecified atom stereocenters. The van der Waals surface area contributed by atoms with Gasteiger partial charge in [0.2, 0.25) is 0 Å². The van der Waals surface area contributed by atoms with Gasteiger partial charge in [0.1, 0.15) is 0 Å². The molecule has 0 aliphatic heterocycles. The van der Waals surface area contributed by atoms with Crippen molar-refractivity contribution >= 4 is 18.6 Å². The van der Waals surface area contributed by atoms with Crippen LogP contribution in [-0.4, -0.2) is 36.3 Å². The quantitative estimate of drug-likeness (QED) is 0.424. The van der Waals surface area contributed by atoms with Gasteiger partial charge < -0.3 is 14.6 Å². The Morgan fingerprint density at radius 2 is 1.94 bits per heavy atom. The molecule has 0 bridgehead atoms. The molecule has 0 aromatic heterocycles. The van der Waals surface area contributed by atoms with E-state index in [2.05, 4.69) is 12.6 Å². The molecule has 1 aliphatic rings. The summed E-state index contributed by atoms with van der Waals surface area (Å²) in [5.41, 5.74) is 0. The van der Waals surface area contributed by atoms with E-state index in [9.17, 15) is 4.79 Å². The Labute approximate surface area is 114 Å². The van der Waals surface area contributed by atoms with Crippen LogP contribution in [0.5, 0.6) is 0 Å².